The number of H-pyrrole nitrogens is 2. The van der Waals surface area contributed by atoms with Crippen molar-refractivity contribution >= 4 is 60.5 Å². The van der Waals surface area contributed by atoms with Gasteiger partial charge in [0.05, 0.1) is 22.6 Å². The largest absolute Gasteiger partial charge is 0.397 e. The molecule has 0 amide bonds. The summed E-state index contributed by atoms with van der Waals surface area (Å²) in [5.41, 5.74) is 1.88. The van der Waals surface area contributed by atoms with E-state index in [1.54, 1.807) is 0 Å². The molecule has 0 radical (unpaired) electrons. The molecule has 0 saturated carbocycles. The third-order valence-electron chi connectivity index (χ3n) is 7.07. The maximum absolute atomic E-state index is 13.4. The molecule has 0 atom stereocenters. The molecule has 44 heavy (non-hydrogen) atoms. The van der Waals surface area contributed by atoms with Crippen LogP contribution >= 0.6 is 0 Å². The number of nitrogen functional groups attached to an aromatic ring is 1. The van der Waals surface area contributed by atoms with E-state index in [1.165, 1.54) is 45.0 Å². The number of aromatic nitrogens is 3. The van der Waals surface area contributed by atoms with E-state index in [2.05, 4.69) is 20.6 Å². The Kier molecular flexibility index (Phi) is 7.04. The van der Waals surface area contributed by atoms with Crippen molar-refractivity contribution in [1.29, 1.82) is 0 Å². The van der Waals surface area contributed by atoms with Crippen molar-refractivity contribution in [2.45, 2.75) is 30.6 Å². The Balaban J connectivity index is 1.80. The maximum atomic E-state index is 13.4. The lowest BCUT2D eigenvalue weighted by Gasteiger charge is -2.25. The van der Waals surface area contributed by atoms with Gasteiger partial charge < -0.3 is 16.4 Å². The molecule has 0 aliphatic heterocycles. The number of nitrogens with one attached hydrogen (secondary N) is 4. The summed E-state index contributed by atoms with van der Waals surface area (Å²) in [5.74, 6) is -1.83. The Hall–Kier alpha value is -5.17. The molecular weight excluding hydrogens is 620 g/mol. The van der Waals surface area contributed by atoms with Gasteiger partial charge in [-0.05, 0) is 43.5 Å². The smallest absolute Gasteiger partial charge is 0.352 e. The van der Waals surface area contributed by atoms with E-state index < -0.39 is 75.9 Å². The van der Waals surface area contributed by atoms with Gasteiger partial charge in [-0.15, -0.1) is 0 Å². The zero-order valence-electron chi connectivity index (χ0n) is 22.9. The normalized spacial score (nSPS) is 12.9. The number of carbonyl (C=O) groups is 2. The topological polar surface area (TPSA) is 272 Å². The van der Waals surface area contributed by atoms with Crippen molar-refractivity contribution in [2.24, 2.45) is 0 Å². The number of benzene rings is 3. The molecule has 1 heterocycles. The Morgan fingerprint density at radius 1 is 0.750 bits per heavy atom. The van der Waals surface area contributed by atoms with Crippen molar-refractivity contribution in [2.75, 3.05) is 16.4 Å². The number of nitrogens with zero attached hydrogens (tertiary/aromatic N) is 1. The maximum Gasteiger partial charge on any atom is 0.352 e. The van der Waals surface area contributed by atoms with E-state index >= 15 is 0 Å². The molecule has 0 bridgehead atoms. The van der Waals surface area contributed by atoms with E-state index in [4.69, 9.17) is 5.73 Å². The summed E-state index contributed by atoms with van der Waals surface area (Å²) in [4.78, 5) is 56.3. The summed E-state index contributed by atoms with van der Waals surface area (Å²) in [6.45, 7) is 4.02. The highest BCUT2D eigenvalue weighted by molar-refractivity contribution is 7.86. The molecule has 0 fully saturated rings. The molecule has 1 aliphatic carbocycles. The number of nitrogens with two attached hydrogens (primary N) is 1. The summed E-state index contributed by atoms with van der Waals surface area (Å²) in [6, 6.07) is 6.78. The molecule has 3 aromatic carbocycles. The highest BCUT2D eigenvalue weighted by atomic mass is 32.2. The van der Waals surface area contributed by atoms with Crippen LogP contribution in [0.15, 0.2) is 49.7 Å². The quantitative estimate of drug-likeness (QED) is 0.103. The number of anilines is 5. The van der Waals surface area contributed by atoms with E-state index in [0.717, 1.165) is 6.07 Å². The lowest BCUT2D eigenvalue weighted by Crippen LogP contribution is -2.26. The second-order valence-corrected chi connectivity index (χ2v) is 12.5. The lowest BCUT2D eigenvalue weighted by atomic mass is 9.83. The predicted molar refractivity (Wildman–Crippen MR) is 156 cm³/mol. The summed E-state index contributed by atoms with van der Waals surface area (Å²) >= 11 is 0. The molecule has 5 rings (SSSR count). The molecule has 0 saturated heterocycles. The SMILES string of the molecule is Cc1c(Nc2nc(=O)[nH]c(=O)[nH]2)c(C)c(S(=O)(=O)O)c(C)c1Nc1cc2c(c(N)c1S(=O)(=O)O)C(=O)c1ccccc1C2=O. The van der Waals surface area contributed by atoms with Crippen molar-refractivity contribution in [3.63, 3.8) is 0 Å². The molecular formula is C26H22N6O10S2. The van der Waals surface area contributed by atoms with Crippen molar-refractivity contribution < 1.29 is 35.5 Å². The standard InChI is InChI=1S/C26H22N6O10S2/c1-9-18(10(2)22(43(37,38)39)11(3)19(9)29-24-30-25(35)32-26(36)31-24)28-15-8-14-16(17(27)23(15)44(40,41)42)21(34)13-7-5-4-6-12(13)20(14)33/h4-8,28H,27H2,1-3H3,(H,37,38,39)(H,40,41,42)(H3,29,30,31,32,35,36). The van der Waals surface area contributed by atoms with Gasteiger partial charge in [-0.25, -0.2) is 9.59 Å². The molecule has 4 aromatic rings. The average molecular weight is 643 g/mol. The van der Waals surface area contributed by atoms with Crippen molar-refractivity contribution in [3.8, 4) is 0 Å². The Morgan fingerprint density at radius 3 is 1.84 bits per heavy atom. The van der Waals surface area contributed by atoms with Gasteiger partial charge in [-0.1, -0.05) is 24.3 Å². The summed E-state index contributed by atoms with van der Waals surface area (Å²) in [6.07, 6.45) is 0. The molecule has 0 unspecified atom stereocenters. The number of hydrogen-bond acceptors (Lipinski definition) is 12. The Bertz CT molecular complexity index is 2280. The van der Waals surface area contributed by atoms with Gasteiger partial charge in [0.2, 0.25) is 5.95 Å². The summed E-state index contributed by atoms with van der Waals surface area (Å²) in [7, 11) is -10.2. The minimum absolute atomic E-state index is 0.0242. The first kappa shape index (κ1) is 30.3. The number of hydrogen-bond donors (Lipinski definition) is 7. The third kappa shape index (κ3) is 4.94. The lowest BCUT2D eigenvalue weighted by molar-refractivity contribution is 0.0979. The van der Waals surface area contributed by atoms with Crippen LogP contribution in [-0.4, -0.2) is 52.5 Å². The zero-order chi connectivity index (χ0) is 32.5. The van der Waals surface area contributed by atoms with Gasteiger partial charge in [-0.2, -0.15) is 21.8 Å². The van der Waals surface area contributed by atoms with Crippen LogP contribution in [0.25, 0.3) is 0 Å². The van der Waals surface area contributed by atoms with Crippen molar-refractivity contribution in [1.82, 2.24) is 15.0 Å². The fourth-order valence-corrected chi connectivity index (χ4v) is 7.05. The number of ketones is 2. The van der Waals surface area contributed by atoms with Crippen LogP contribution in [0, 0.1) is 20.8 Å². The molecule has 0 spiro atoms. The van der Waals surface area contributed by atoms with Crippen molar-refractivity contribution in [3.05, 3.63) is 90.2 Å². The fourth-order valence-electron chi connectivity index (χ4n) is 5.30. The van der Waals surface area contributed by atoms with Gasteiger partial charge in [0.25, 0.3) is 20.2 Å². The second-order valence-electron chi connectivity index (χ2n) is 9.79. The molecule has 16 nitrogen and oxygen atoms in total. The Morgan fingerprint density at radius 2 is 1.30 bits per heavy atom. The van der Waals surface area contributed by atoms with Crippen LogP contribution in [0.1, 0.15) is 48.5 Å². The number of rotatable bonds is 6. The van der Waals surface area contributed by atoms with Gasteiger partial charge >= 0.3 is 11.4 Å². The first-order chi connectivity index (χ1) is 20.4. The average Bonchev–Trinajstić information content (AvgIpc) is 2.90. The first-order valence-corrected chi connectivity index (χ1v) is 15.3. The molecule has 228 valence electrons. The van der Waals surface area contributed by atoms with E-state index in [9.17, 15) is 45.1 Å². The van der Waals surface area contributed by atoms with Gasteiger partial charge in [0, 0.05) is 22.4 Å². The van der Waals surface area contributed by atoms with E-state index in [0.29, 0.717) is 0 Å². The summed E-state index contributed by atoms with van der Waals surface area (Å²) in [5, 5.41) is 5.32. The van der Waals surface area contributed by atoms with E-state index in [-0.39, 0.29) is 44.8 Å². The third-order valence-corrected chi connectivity index (χ3v) is 9.15. The van der Waals surface area contributed by atoms with Crippen LogP contribution in [0.5, 0.6) is 0 Å². The molecule has 1 aromatic heterocycles. The molecule has 8 N–H and O–H groups in total. The minimum atomic E-state index is -5.20. The van der Waals surface area contributed by atoms with Gasteiger partial charge in [0.15, 0.2) is 11.6 Å². The Labute approximate surface area is 247 Å². The first-order valence-electron chi connectivity index (χ1n) is 12.4. The number of carbonyl (C=O) groups excluding carboxylic acids is 2. The monoisotopic (exact) mass is 642 g/mol. The second kappa shape index (κ2) is 10.2. The van der Waals surface area contributed by atoms with Crippen LogP contribution in [0.3, 0.4) is 0 Å². The number of fused-ring (bicyclic) bond motifs is 2. The van der Waals surface area contributed by atoms with Crippen LogP contribution < -0.4 is 27.7 Å². The number of aromatic amines is 2. The molecule has 1 aliphatic rings. The minimum Gasteiger partial charge on any atom is -0.397 e. The van der Waals surface area contributed by atoms with Gasteiger partial charge in [-0.3, -0.25) is 28.7 Å². The molecule has 18 heteroatoms. The summed E-state index contributed by atoms with van der Waals surface area (Å²) < 4.78 is 70.5. The fraction of sp³-hybridized carbons (Fsp3) is 0.115. The zero-order valence-corrected chi connectivity index (χ0v) is 24.5. The van der Waals surface area contributed by atoms with Crippen LogP contribution in [0.4, 0.5) is 28.7 Å². The highest BCUT2D eigenvalue weighted by Gasteiger charge is 2.36. The highest BCUT2D eigenvalue weighted by Crippen LogP contribution is 2.43. The van der Waals surface area contributed by atoms with E-state index in [1.807, 2.05) is 4.98 Å². The van der Waals surface area contributed by atoms with Gasteiger partial charge in [0.1, 0.15) is 9.79 Å². The van der Waals surface area contributed by atoms with Crippen LogP contribution in [0.2, 0.25) is 0 Å². The van der Waals surface area contributed by atoms with Crippen LogP contribution in [-0.2, 0) is 20.2 Å². The predicted octanol–water partition coefficient (Wildman–Crippen LogP) is 1.72.